The van der Waals surface area contributed by atoms with Crippen LogP contribution in [0.5, 0.6) is 0 Å². The van der Waals surface area contributed by atoms with E-state index in [1.165, 1.54) is 6.92 Å². The van der Waals surface area contributed by atoms with Crippen LogP contribution in [-0.4, -0.2) is 41.1 Å². The topological polar surface area (TPSA) is 134 Å². The van der Waals surface area contributed by atoms with Crippen molar-refractivity contribution in [3.8, 4) is 0 Å². The number of ether oxygens (including phenoxy) is 1. The van der Waals surface area contributed by atoms with Crippen LogP contribution in [0.2, 0.25) is 0 Å². The van der Waals surface area contributed by atoms with E-state index in [4.69, 9.17) is 4.74 Å². The number of amides is 3. The van der Waals surface area contributed by atoms with Gasteiger partial charge in [-0.15, -0.1) is 0 Å². The number of hydrogen-bond acceptors (Lipinski definition) is 5. The summed E-state index contributed by atoms with van der Waals surface area (Å²) >= 11 is 0. The van der Waals surface area contributed by atoms with Crippen molar-refractivity contribution in [3.63, 3.8) is 0 Å². The van der Waals surface area contributed by atoms with E-state index >= 15 is 0 Å². The van der Waals surface area contributed by atoms with Crippen molar-refractivity contribution in [2.75, 3.05) is 0 Å². The molecule has 170 valence electrons. The molecule has 0 spiro atoms. The number of aliphatic carboxylic acids is 1. The molecule has 0 aliphatic rings. The van der Waals surface area contributed by atoms with Crippen LogP contribution in [0.15, 0.2) is 60.7 Å². The van der Waals surface area contributed by atoms with Crippen LogP contribution >= 0.6 is 0 Å². The van der Waals surface area contributed by atoms with Gasteiger partial charge in [0.25, 0.3) is 0 Å². The first-order valence-electron chi connectivity index (χ1n) is 10.2. The lowest BCUT2D eigenvalue weighted by atomic mass is 10.1. The number of carboxylic acids is 1. The average Bonchev–Trinajstić information content (AvgIpc) is 2.79. The molecule has 0 saturated carbocycles. The van der Waals surface area contributed by atoms with Gasteiger partial charge in [-0.25, -0.2) is 9.59 Å². The molecule has 0 aromatic heterocycles. The molecular formula is C23H27N3O6. The molecule has 1 unspecified atom stereocenters. The van der Waals surface area contributed by atoms with E-state index in [9.17, 15) is 24.3 Å². The molecule has 0 aliphatic carbocycles. The first-order chi connectivity index (χ1) is 15.3. The smallest absolute Gasteiger partial charge is 0.408 e. The molecule has 32 heavy (non-hydrogen) atoms. The summed E-state index contributed by atoms with van der Waals surface area (Å²) in [5.41, 5.74) is 1.68. The highest BCUT2D eigenvalue weighted by Crippen LogP contribution is 2.03. The number of nitrogens with one attached hydrogen (secondary N) is 3. The van der Waals surface area contributed by atoms with Gasteiger partial charge in [-0.2, -0.15) is 0 Å². The minimum atomic E-state index is -1.30. The molecular weight excluding hydrogens is 414 g/mol. The van der Waals surface area contributed by atoms with E-state index in [0.717, 1.165) is 11.1 Å². The maximum absolute atomic E-state index is 12.1. The summed E-state index contributed by atoms with van der Waals surface area (Å²) in [6, 6.07) is 16.2. The van der Waals surface area contributed by atoms with Crippen LogP contribution in [0.1, 0.15) is 30.9 Å². The highest BCUT2D eigenvalue weighted by molar-refractivity contribution is 5.87. The molecule has 3 amide bonds. The second kappa shape index (κ2) is 12.7. The summed E-state index contributed by atoms with van der Waals surface area (Å²) in [6.07, 6.45) is -1.23. The summed E-state index contributed by atoms with van der Waals surface area (Å²) < 4.78 is 5.01. The number of carboxylic acid groups (broad SMARTS) is 1. The zero-order chi connectivity index (χ0) is 23.3. The number of hydrogen-bond donors (Lipinski definition) is 4. The van der Waals surface area contributed by atoms with Gasteiger partial charge in [0.2, 0.25) is 11.8 Å². The highest BCUT2D eigenvalue weighted by atomic mass is 16.5. The second-order valence-electron chi connectivity index (χ2n) is 7.13. The monoisotopic (exact) mass is 441 g/mol. The Morgan fingerprint density at radius 3 is 2.09 bits per heavy atom. The number of carbonyl (C=O) groups excluding carboxylic acids is 3. The Kier molecular flexibility index (Phi) is 9.70. The Morgan fingerprint density at radius 2 is 1.50 bits per heavy atom. The number of rotatable bonds is 11. The number of benzene rings is 2. The molecule has 9 nitrogen and oxygen atoms in total. The van der Waals surface area contributed by atoms with Crippen molar-refractivity contribution in [2.24, 2.45) is 0 Å². The first-order valence-corrected chi connectivity index (χ1v) is 10.2. The van der Waals surface area contributed by atoms with Crippen LogP contribution in [0.4, 0.5) is 4.79 Å². The molecule has 9 heteroatoms. The van der Waals surface area contributed by atoms with Crippen LogP contribution in [0.25, 0.3) is 0 Å². The van der Waals surface area contributed by atoms with Gasteiger partial charge < -0.3 is 25.8 Å². The Balaban J connectivity index is 1.72. The third-order valence-corrected chi connectivity index (χ3v) is 4.54. The molecule has 0 bridgehead atoms. The van der Waals surface area contributed by atoms with Gasteiger partial charge in [-0.05, 0) is 24.5 Å². The largest absolute Gasteiger partial charge is 0.480 e. The van der Waals surface area contributed by atoms with Crippen LogP contribution in [0, 0.1) is 0 Å². The molecule has 0 aliphatic heterocycles. The predicted octanol–water partition coefficient (Wildman–Crippen LogP) is 1.97. The summed E-state index contributed by atoms with van der Waals surface area (Å²) in [7, 11) is 0. The zero-order valence-corrected chi connectivity index (χ0v) is 17.7. The summed E-state index contributed by atoms with van der Waals surface area (Å²) in [5, 5.41) is 16.8. The van der Waals surface area contributed by atoms with E-state index in [2.05, 4.69) is 16.0 Å². The molecule has 0 heterocycles. The molecule has 0 saturated heterocycles. The lowest BCUT2D eigenvalue weighted by Gasteiger charge is -2.16. The SMILES string of the molecule is CC(NC(=O)CC[C@H](NC(=O)OCc1ccccc1)C(=O)O)C(=O)NCc1ccccc1. The van der Waals surface area contributed by atoms with E-state index in [-0.39, 0.29) is 25.4 Å². The van der Waals surface area contributed by atoms with Crippen molar-refractivity contribution < 1.29 is 29.0 Å². The molecule has 2 atom stereocenters. The highest BCUT2D eigenvalue weighted by Gasteiger charge is 2.23. The molecule has 2 aromatic carbocycles. The maximum Gasteiger partial charge on any atom is 0.408 e. The Morgan fingerprint density at radius 1 is 0.906 bits per heavy atom. The zero-order valence-electron chi connectivity index (χ0n) is 17.7. The van der Waals surface area contributed by atoms with Crippen LogP contribution in [0.3, 0.4) is 0 Å². The van der Waals surface area contributed by atoms with E-state index in [1.54, 1.807) is 24.3 Å². The van der Waals surface area contributed by atoms with Crippen molar-refractivity contribution in [3.05, 3.63) is 71.8 Å². The molecule has 4 N–H and O–H groups in total. The van der Waals surface area contributed by atoms with Crippen LogP contribution in [-0.2, 0) is 32.3 Å². The van der Waals surface area contributed by atoms with Crippen molar-refractivity contribution in [2.45, 2.75) is 45.0 Å². The van der Waals surface area contributed by atoms with Gasteiger partial charge in [0.1, 0.15) is 18.7 Å². The van der Waals surface area contributed by atoms with Crippen molar-refractivity contribution in [1.29, 1.82) is 0 Å². The second-order valence-corrected chi connectivity index (χ2v) is 7.13. The van der Waals surface area contributed by atoms with Crippen molar-refractivity contribution in [1.82, 2.24) is 16.0 Å². The van der Waals surface area contributed by atoms with Crippen molar-refractivity contribution >= 4 is 23.9 Å². The minimum absolute atomic E-state index is 0.00485. The third-order valence-electron chi connectivity index (χ3n) is 4.54. The Labute approximate surface area is 186 Å². The minimum Gasteiger partial charge on any atom is -0.480 e. The molecule has 2 aromatic rings. The fourth-order valence-corrected chi connectivity index (χ4v) is 2.76. The van der Waals surface area contributed by atoms with Crippen LogP contribution < -0.4 is 16.0 Å². The summed E-state index contributed by atoms with van der Waals surface area (Å²) in [5.74, 6) is -2.15. The number of alkyl carbamates (subject to hydrolysis) is 1. The average molecular weight is 441 g/mol. The lowest BCUT2D eigenvalue weighted by Crippen LogP contribution is -2.45. The number of carbonyl (C=O) groups is 4. The normalized spacial score (nSPS) is 12.2. The quantitative estimate of drug-likeness (QED) is 0.421. The van der Waals surface area contributed by atoms with E-state index in [0.29, 0.717) is 6.54 Å². The fraction of sp³-hybridized carbons (Fsp3) is 0.304. The standard InChI is InChI=1S/C23H27N3O6/c1-16(21(28)24-14-17-8-4-2-5-9-17)25-20(27)13-12-19(22(29)30)26-23(31)32-15-18-10-6-3-7-11-18/h2-11,16,19H,12-15H2,1H3,(H,24,28)(H,25,27)(H,26,31)(H,29,30)/t16?,19-/m0/s1. The van der Waals surface area contributed by atoms with E-state index < -0.39 is 30.1 Å². The van der Waals surface area contributed by atoms with Gasteiger partial charge >= 0.3 is 12.1 Å². The van der Waals surface area contributed by atoms with Gasteiger partial charge in [0.15, 0.2) is 0 Å². The summed E-state index contributed by atoms with van der Waals surface area (Å²) in [6.45, 7) is 1.86. The Bertz CT molecular complexity index is 904. The van der Waals surface area contributed by atoms with Gasteiger partial charge in [-0.3, -0.25) is 9.59 Å². The Hall–Kier alpha value is -3.88. The lowest BCUT2D eigenvalue weighted by molar-refractivity contribution is -0.139. The molecule has 2 rings (SSSR count). The first kappa shape index (κ1) is 24.4. The van der Waals surface area contributed by atoms with Gasteiger partial charge in [-0.1, -0.05) is 60.7 Å². The molecule has 0 radical (unpaired) electrons. The summed E-state index contributed by atoms with van der Waals surface area (Å²) in [4.78, 5) is 47.6. The fourth-order valence-electron chi connectivity index (χ4n) is 2.76. The van der Waals surface area contributed by atoms with Gasteiger partial charge in [0.05, 0.1) is 0 Å². The third kappa shape index (κ3) is 8.86. The van der Waals surface area contributed by atoms with Gasteiger partial charge in [0, 0.05) is 13.0 Å². The molecule has 0 fully saturated rings. The van der Waals surface area contributed by atoms with E-state index in [1.807, 2.05) is 36.4 Å². The predicted molar refractivity (Wildman–Crippen MR) is 116 cm³/mol. The maximum atomic E-state index is 12.1.